The van der Waals surface area contributed by atoms with Crippen molar-refractivity contribution >= 4 is 17.5 Å². The molecule has 2 N–H and O–H groups in total. The van der Waals surface area contributed by atoms with Gasteiger partial charge in [-0.25, -0.2) is 4.98 Å². The van der Waals surface area contributed by atoms with Crippen LogP contribution in [0.2, 0.25) is 0 Å². The SMILES string of the molecule is Cc1ccc(N)cc1-c1cc(N2CCOCC2)nc(N(C)C)n1. The van der Waals surface area contributed by atoms with E-state index in [2.05, 4.69) is 16.8 Å². The quantitative estimate of drug-likeness (QED) is 0.874. The maximum absolute atomic E-state index is 5.96. The Bertz CT molecular complexity index is 695. The molecule has 1 aromatic carbocycles. The van der Waals surface area contributed by atoms with Crippen LogP contribution in [0.15, 0.2) is 24.3 Å². The minimum Gasteiger partial charge on any atom is -0.399 e. The van der Waals surface area contributed by atoms with Crippen molar-refractivity contribution in [3.05, 3.63) is 29.8 Å². The maximum Gasteiger partial charge on any atom is 0.227 e. The fourth-order valence-electron chi connectivity index (χ4n) is 2.63. The fourth-order valence-corrected chi connectivity index (χ4v) is 2.63. The van der Waals surface area contributed by atoms with Crippen molar-refractivity contribution in [1.29, 1.82) is 0 Å². The molecule has 0 bridgehead atoms. The van der Waals surface area contributed by atoms with E-state index in [1.54, 1.807) is 0 Å². The highest BCUT2D eigenvalue weighted by molar-refractivity contribution is 5.71. The number of morpholine rings is 1. The third kappa shape index (κ3) is 3.37. The lowest BCUT2D eigenvalue weighted by atomic mass is 10.0. The Labute approximate surface area is 136 Å². The van der Waals surface area contributed by atoms with Gasteiger partial charge in [-0.05, 0) is 24.6 Å². The van der Waals surface area contributed by atoms with Gasteiger partial charge in [0.15, 0.2) is 0 Å². The first kappa shape index (κ1) is 15.6. The van der Waals surface area contributed by atoms with E-state index in [-0.39, 0.29) is 0 Å². The van der Waals surface area contributed by atoms with Crippen molar-refractivity contribution in [3.63, 3.8) is 0 Å². The van der Waals surface area contributed by atoms with Gasteiger partial charge in [0.05, 0.1) is 18.9 Å². The van der Waals surface area contributed by atoms with Crippen LogP contribution in [0.1, 0.15) is 5.56 Å². The smallest absolute Gasteiger partial charge is 0.227 e. The lowest BCUT2D eigenvalue weighted by Gasteiger charge is -2.28. The normalized spacial score (nSPS) is 14.8. The minimum atomic E-state index is 0.700. The van der Waals surface area contributed by atoms with Gasteiger partial charge >= 0.3 is 0 Å². The van der Waals surface area contributed by atoms with Crippen molar-refractivity contribution in [2.24, 2.45) is 0 Å². The summed E-state index contributed by atoms with van der Waals surface area (Å²) in [5, 5.41) is 0. The lowest BCUT2D eigenvalue weighted by molar-refractivity contribution is 0.122. The fraction of sp³-hybridized carbons (Fsp3) is 0.412. The van der Waals surface area contributed by atoms with E-state index < -0.39 is 0 Å². The first-order valence-corrected chi connectivity index (χ1v) is 7.80. The zero-order valence-electron chi connectivity index (χ0n) is 13.9. The van der Waals surface area contributed by atoms with E-state index in [9.17, 15) is 0 Å². The summed E-state index contributed by atoms with van der Waals surface area (Å²) >= 11 is 0. The molecule has 1 saturated heterocycles. The van der Waals surface area contributed by atoms with Crippen LogP contribution < -0.4 is 15.5 Å². The summed E-state index contributed by atoms with van der Waals surface area (Å²) in [6, 6.07) is 7.95. The molecule has 0 unspecified atom stereocenters. The van der Waals surface area contributed by atoms with Crippen molar-refractivity contribution < 1.29 is 4.74 Å². The van der Waals surface area contributed by atoms with Gasteiger partial charge in [0, 0.05) is 44.5 Å². The van der Waals surface area contributed by atoms with Gasteiger partial charge in [-0.1, -0.05) is 6.07 Å². The second kappa shape index (κ2) is 6.42. The maximum atomic E-state index is 5.96. The Hall–Kier alpha value is -2.34. The first-order valence-electron chi connectivity index (χ1n) is 7.80. The molecule has 6 nitrogen and oxygen atoms in total. The van der Waals surface area contributed by atoms with Gasteiger partial charge < -0.3 is 20.3 Å². The van der Waals surface area contributed by atoms with Gasteiger partial charge in [-0.3, -0.25) is 0 Å². The number of aryl methyl sites for hydroxylation is 1. The van der Waals surface area contributed by atoms with Crippen LogP contribution in [0, 0.1) is 6.92 Å². The van der Waals surface area contributed by atoms with Crippen LogP contribution in [-0.4, -0.2) is 50.4 Å². The summed E-state index contributed by atoms with van der Waals surface area (Å²) in [7, 11) is 3.91. The van der Waals surface area contributed by atoms with E-state index in [4.69, 9.17) is 15.5 Å². The number of nitrogen functional groups attached to an aromatic ring is 1. The zero-order valence-corrected chi connectivity index (χ0v) is 13.9. The number of aromatic nitrogens is 2. The Morgan fingerprint density at radius 3 is 2.57 bits per heavy atom. The van der Waals surface area contributed by atoms with Crippen LogP contribution in [0.5, 0.6) is 0 Å². The molecule has 1 fully saturated rings. The Morgan fingerprint density at radius 1 is 1.13 bits per heavy atom. The van der Waals surface area contributed by atoms with E-state index in [0.29, 0.717) is 5.95 Å². The van der Waals surface area contributed by atoms with Crippen molar-refractivity contribution in [1.82, 2.24) is 9.97 Å². The van der Waals surface area contributed by atoms with Gasteiger partial charge in [0.1, 0.15) is 5.82 Å². The van der Waals surface area contributed by atoms with Crippen molar-refractivity contribution in [2.45, 2.75) is 6.92 Å². The standard InChI is InChI=1S/C17H23N5O/c1-12-4-5-13(18)10-14(12)15-11-16(20-17(19-15)21(2)3)22-6-8-23-9-7-22/h4-5,10-11H,6-9,18H2,1-3H3. The predicted octanol–water partition coefficient (Wildman–Crippen LogP) is 1.94. The largest absolute Gasteiger partial charge is 0.399 e. The summed E-state index contributed by atoms with van der Waals surface area (Å²) in [5.74, 6) is 1.63. The molecule has 1 aliphatic rings. The molecule has 0 saturated carbocycles. The molecule has 0 aliphatic carbocycles. The Balaban J connectivity index is 2.08. The molecule has 1 aromatic heterocycles. The van der Waals surface area contributed by atoms with Crippen LogP contribution in [-0.2, 0) is 4.74 Å². The monoisotopic (exact) mass is 313 g/mol. The Kier molecular flexibility index (Phi) is 4.34. The highest BCUT2D eigenvalue weighted by Gasteiger charge is 2.17. The number of anilines is 3. The molecule has 0 atom stereocenters. The Morgan fingerprint density at radius 2 is 1.87 bits per heavy atom. The molecule has 6 heteroatoms. The second-order valence-electron chi connectivity index (χ2n) is 5.98. The number of nitrogens with two attached hydrogens (primary N) is 1. The van der Waals surface area contributed by atoms with Crippen LogP contribution >= 0.6 is 0 Å². The summed E-state index contributed by atoms with van der Waals surface area (Å²) in [5.41, 5.74) is 9.80. The predicted molar refractivity (Wildman–Crippen MR) is 94.0 cm³/mol. The molecule has 3 rings (SSSR count). The summed E-state index contributed by atoms with van der Waals surface area (Å²) in [6.45, 7) is 5.22. The highest BCUT2D eigenvalue weighted by Crippen LogP contribution is 2.28. The van der Waals surface area contributed by atoms with Crippen molar-refractivity contribution in [3.8, 4) is 11.3 Å². The number of nitrogens with zero attached hydrogens (tertiary/aromatic N) is 4. The summed E-state index contributed by atoms with van der Waals surface area (Å²) < 4.78 is 5.44. The van der Waals surface area contributed by atoms with Gasteiger partial charge in [0.2, 0.25) is 5.95 Å². The zero-order chi connectivity index (χ0) is 16.4. The summed E-state index contributed by atoms with van der Waals surface area (Å²) in [6.07, 6.45) is 0. The van der Waals surface area contributed by atoms with E-state index >= 15 is 0 Å². The minimum absolute atomic E-state index is 0.700. The molecular weight excluding hydrogens is 290 g/mol. The van der Waals surface area contributed by atoms with Gasteiger partial charge in [0.25, 0.3) is 0 Å². The molecule has 1 aliphatic heterocycles. The second-order valence-corrected chi connectivity index (χ2v) is 5.98. The molecule has 0 spiro atoms. The number of ether oxygens (including phenoxy) is 1. The average molecular weight is 313 g/mol. The number of benzene rings is 1. The van der Waals surface area contributed by atoms with E-state index in [0.717, 1.165) is 54.6 Å². The third-order valence-corrected chi connectivity index (χ3v) is 3.97. The number of rotatable bonds is 3. The van der Waals surface area contributed by atoms with E-state index in [1.165, 1.54) is 0 Å². The van der Waals surface area contributed by atoms with Gasteiger partial charge in [-0.2, -0.15) is 4.98 Å². The molecule has 23 heavy (non-hydrogen) atoms. The third-order valence-electron chi connectivity index (χ3n) is 3.97. The van der Waals surface area contributed by atoms with Gasteiger partial charge in [-0.15, -0.1) is 0 Å². The lowest BCUT2D eigenvalue weighted by Crippen LogP contribution is -2.37. The number of hydrogen-bond donors (Lipinski definition) is 1. The summed E-state index contributed by atoms with van der Waals surface area (Å²) in [4.78, 5) is 13.6. The topological polar surface area (TPSA) is 67.5 Å². The van der Waals surface area contributed by atoms with Crippen LogP contribution in [0.25, 0.3) is 11.3 Å². The highest BCUT2D eigenvalue weighted by atomic mass is 16.5. The van der Waals surface area contributed by atoms with Crippen molar-refractivity contribution in [2.75, 3.05) is 55.9 Å². The molecule has 2 aromatic rings. The molecular formula is C17H23N5O. The van der Waals surface area contributed by atoms with Crippen LogP contribution in [0.3, 0.4) is 0 Å². The first-order chi connectivity index (χ1) is 11.0. The molecule has 2 heterocycles. The van der Waals surface area contributed by atoms with Crippen LogP contribution in [0.4, 0.5) is 17.5 Å². The molecule has 0 radical (unpaired) electrons. The molecule has 122 valence electrons. The molecule has 0 amide bonds. The van der Waals surface area contributed by atoms with E-state index in [1.807, 2.05) is 43.3 Å². The average Bonchev–Trinajstić information content (AvgIpc) is 2.57. The number of hydrogen-bond acceptors (Lipinski definition) is 6.